The SMILES string of the molecule is O=C(NC(CC1CCOc2ccccc21)C(=O)O)OCC1c2ccccc2-c2ccccc21. The summed E-state index contributed by atoms with van der Waals surface area (Å²) in [6.45, 7) is 0.672. The molecular formula is C27H25NO5. The largest absolute Gasteiger partial charge is 0.493 e. The van der Waals surface area contributed by atoms with Crippen molar-refractivity contribution in [3.05, 3.63) is 89.5 Å². The number of fused-ring (bicyclic) bond motifs is 4. The minimum Gasteiger partial charge on any atom is -0.493 e. The summed E-state index contributed by atoms with van der Waals surface area (Å²) < 4.78 is 11.2. The summed E-state index contributed by atoms with van der Waals surface area (Å²) in [6.07, 6.45) is 0.261. The number of nitrogens with one attached hydrogen (secondary N) is 1. The van der Waals surface area contributed by atoms with Gasteiger partial charge in [-0.1, -0.05) is 66.7 Å². The van der Waals surface area contributed by atoms with Gasteiger partial charge in [0.2, 0.25) is 0 Å². The molecule has 33 heavy (non-hydrogen) atoms. The standard InChI is InChI=1S/C27H25NO5/c29-26(30)24(15-17-13-14-32-25-12-6-5-7-18(17)25)28-27(31)33-16-23-21-10-3-1-8-19(21)20-9-2-4-11-22(20)23/h1-12,17,23-24H,13-16H2,(H,28,31)(H,29,30). The summed E-state index contributed by atoms with van der Waals surface area (Å²) in [6, 6.07) is 22.8. The second kappa shape index (κ2) is 8.98. The van der Waals surface area contributed by atoms with E-state index in [4.69, 9.17) is 9.47 Å². The number of carbonyl (C=O) groups excluding carboxylic acids is 1. The molecule has 1 heterocycles. The van der Waals surface area contributed by atoms with Crippen molar-refractivity contribution in [2.45, 2.75) is 30.7 Å². The quantitative estimate of drug-likeness (QED) is 0.564. The Morgan fingerprint density at radius 2 is 1.55 bits per heavy atom. The fourth-order valence-electron chi connectivity index (χ4n) is 4.95. The van der Waals surface area contributed by atoms with Crippen molar-refractivity contribution in [3.8, 4) is 16.9 Å². The number of carboxylic acids is 1. The summed E-state index contributed by atoms with van der Waals surface area (Å²) in [5, 5.41) is 12.3. The van der Waals surface area contributed by atoms with E-state index in [0.717, 1.165) is 33.6 Å². The average Bonchev–Trinajstić information content (AvgIpc) is 3.16. The fourth-order valence-corrected chi connectivity index (χ4v) is 4.95. The molecule has 0 bridgehead atoms. The van der Waals surface area contributed by atoms with E-state index in [0.29, 0.717) is 13.0 Å². The van der Waals surface area contributed by atoms with Gasteiger partial charge in [-0.15, -0.1) is 0 Å². The Balaban J connectivity index is 1.26. The number of amides is 1. The zero-order valence-corrected chi connectivity index (χ0v) is 18.1. The minimum atomic E-state index is -1.08. The maximum atomic E-state index is 12.6. The van der Waals surface area contributed by atoms with Crippen molar-refractivity contribution in [3.63, 3.8) is 0 Å². The molecule has 3 aromatic carbocycles. The summed E-state index contributed by atoms with van der Waals surface area (Å²) in [5.41, 5.74) is 5.48. The van der Waals surface area contributed by atoms with Gasteiger partial charge in [-0.25, -0.2) is 9.59 Å². The highest BCUT2D eigenvalue weighted by atomic mass is 16.5. The van der Waals surface area contributed by atoms with Crippen LogP contribution in [0.15, 0.2) is 72.8 Å². The number of aliphatic carboxylic acids is 1. The molecule has 2 unspecified atom stereocenters. The Bertz CT molecular complexity index is 1140. The number of hydrogen-bond acceptors (Lipinski definition) is 4. The Morgan fingerprint density at radius 1 is 0.939 bits per heavy atom. The van der Waals surface area contributed by atoms with Crippen molar-refractivity contribution >= 4 is 12.1 Å². The molecule has 1 aliphatic heterocycles. The zero-order chi connectivity index (χ0) is 22.8. The molecule has 0 radical (unpaired) electrons. The van der Waals surface area contributed by atoms with Crippen molar-refractivity contribution in [1.82, 2.24) is 5.32 Å². The van der Waals surface area contributed by atoms with Crippen LogP contribution in [-0.4, -0.2) is 36.4 Å². The van der Waals surface area contributed by atoms with E-state index in [1.54, 1.807) is 0 Å². The van der Waals surface area contributed by atoms with Crippen LogP contribution in [0.25, 0.3) is 11.1 Å². The van der Waals surface area contributed by atoms with Crippen molar-refractivity contribution in [2.75, 3.05) is 13.2 Å². The third-order valence-electron chi connectivity index (χ3n) is 6.54. The lowest BCUT2D eigenvalue weighted by molar-refractivity contribution is -0.139. The maximum absolute atomic E-state index is 12.6. The lowest BCUT2D eigenvalue weighted by atomic mass is 9.87. The van der Waals surface area contributed by atoms with Crippen LogP contribution in [0.5, 0.6) is 5.75 Å². The average molecular weight is 443 g/mol. The molecule has 2 aliphatic rings. The van der Waals surface area contributed by atoms with E-state index >= 15 is 0 Å². The van der Waals surface area contributed by atoms with Crippen LogP contribution in [0.2, 0.25) is 0 Å². The van der Waals surface area contributed by atoms with E-state index in [-0.39, 0.29) is 24.9 Å². The molecule has 0 saturated heterocycles. The summed E-state index contributed by atoms with van der Waals surface area (Å²) in [7, 11) is 0. The van der Waals surface area contributed by atoms with Gasteiger partial charge >= 0.3 is 12.1 Å². The van der Waals surface area contributed by atoms with E-state index in [1.165, 1.54) is 0 Å². The highest BCUT2D eigenvalue weighted by Gasteiger charge is 2.31. The molecule has 0 spiro atoms. The van der Waals surface area contributed by atoms with Gasteiger partial charge in [-0.05, 0) is 52.6 Å². The summed E-state index contributed by atoms with van der Waals surface area (Å²) >= 11 is 0. The second-order valence-corrected chi connectivity index (χ2v) is 8.47. The molecule has 5 rings (SSSR count). The molecule has 6 nitrogen and oxygen atoms in total. The van der Waals surface area contributed by atoms with Gasteiger partial charge in [-0.3, -0.25) is 0 Å². The molecule has 0 saturated carbocycles. The van der Waals surface area contributed by atoms with Crippen LogP contribution < -0.4 is 10.1 Å². The van der Waals surface area contributed by atoms with Crippen LogP contribution in [-0.2, 0) is 9.53 Å². The number of benzene rings is 3. The third-order valence-corrected chi connectivity index (χ3v) is 6.54. The van der Waals surface area contributed by atoms with Gasteiger partial charge in [0, 0.05) is 5.92 Å². The molecular weight excluding hydrogens is 418 g/mol. The first-order valence-electron chi connectivity index (χ1n) is 11.2. The van der Waals surface area contributed by atoms with Gasteiger partial charge in [-0.2, -0.15) is 0 Å². The van der Waals surface area contributed by atoms with Crippen molar-refractivity contribution in [1.29, 1.82) is 0 Å². The van der Waals surface area contributed by atoms with Crippen molar-refractivity contribution < 1.29 is 24.2 Å². The monoisotopic (exact) mass is 443 g/mol. The molecule has 1 aliphatic carbocycles. The number of rotatable bonds is 6. The number of carbonyl (C=O) groups is 2. The van der Waals surface area contributed by atoms with E-state index in [9.17, 15) is 14.7 Å². The minimum absolute atomic E-state index is 0.00932. The summed E-state index contributed by atoms with van der Waals surface area (Å²) in [5.74, 6) is -0.384. The topological polar surface area (TPSA) is 84.9 Å². The third kappa shape index (κ3) is 4.16. The van der Waals surface area contributed by atoms with E-state index in [1.807, 2.05) is 60.7 Å². The summed E-state index contributed by atoms with van der Waals surface area (Å²) in [4.78, 5) is 24.5. The Labute approximate surface area is 192 Å². The first-order valence-corrected chi connectivity index (χ1v) is 11.2. The number of para-hydroxylation sites is 1. The first kappa shape index (κ1) is 21.1. The second-order valence-electron chi connectivity index (χ2n) is 8.47. The van der Waals surface area contributed by atoms with Crippen LogP contribution >= 0.6 is 0 Å². The maximum Gasteiger partial charge on any atom is 0.407 e. The lowest BCUT2D eigenvalue weighted by Crippen LogP contribution is -2.42. The normalized spacial score (nSPS) is 17.2. The Morgan fingerprint density at radius 3 is 2.21 bits per heavy atom. The predicted molar refractivity (Wildman–Crippen MR) is 124 cm³/mol. The predicted octanol–water partition coefficient (Wildman–Crippen LogP) is 4.93. The number of alkyl carbamates (subject to hydrolysis) is 1. The molecule has 3 aromatic rings. The van der Waals surface area contributed by atoms with E-state index < -0.39 is 18.1 Å². The van der Waals surface area contributed by atoms with Crippen LogP contribution in [0.3, 0.4) is 0 Å². The van der Waals surface area contributed by atoms with Gasteiger partial charge < -0.3 is 19.9 Å². The molecule has 168 valence electrons. The van der Waals surface area contributed by atoms with Crippen LogP contribution in [0, 0.1) is 0 Å². The number of carboxylic acid groups (broad SMARTS) is 1. The smallest absolute Gasteiger partial charge is 0.407 e. The number of ether oxygens (including phenoxy) is 2. The van der Waals surface area contributed by atoms with Gasteiger partial charge in [0.05, 0.1) is 6.61 Å². The first-order chi connectivity index (χ1) is 16.1. The highest BCUT2D eigenvalue weighted by Crippen LogP contribution is 2.44. The van der Waals surface area contributed by atoms with Crippen molar-refractivity contribution in [2.24, 2.45) is 0 Å². The molecule has 0 aromatic heterocycles. The van der Waals surface area contributed by atoms with Gasteiger partial charge in [0.25, 0.3) is 0 Å². The zero-order valence-electron chi connectivity index (χ0n) is 18.1. The van der Waals surface area contributed by atoms with Crippen LogP contribution in [0.1, 0.15) is 41.4 Å². The Kier molecular flexibility index (Phi) is 5.73. The molecule has 2 N–H and O–H groups in total. The lowest BCUT2D eigenvalue weighted by Gasteiger charge is -2.28. The highest BCUT2D eigenvalue weighted by molar-refractivity contribution is 5.81. The number of hydrogen-bond donors (Lipinski definition) is 2. The molecule has 2 atom stereocenters. The molecule has 1 amide bonds. The van der Waals surface area contributed by atoms with Crippen LogP contribution in [0.4, 0.5) is 4.79 Å². The van der Waals surface area contributed by atoms with Gasteiger partial charge in [0.15, 0.2) is 0 Å². The molecule has 0 fully saturated rings. The Hall–Kier alpha value is -3.80. The van der Waals surface area contributed by atoms with Gasteiger partial charge in [0.1, 0.15) is 18.4 Å². The van der Waals surface area contributed by atoms with E-state index in [2.05, 4.69) is 17.4 Å². The molecule has 6 heteroatoms. The fraction of sp³-hybridized carbons (Fsp3) is 0.259.